The molecule has 0 saturated carbocycles. The van der Waals surface area contributed by atoms with Crippen LogP contribution in [0.15, 0.2) is 40.9 Å². The number of nitrogens with zero attached hydrogens (tertiary/aromatic N) is 4. The number of nitrogens with one attached hydrogen (secondary N) is 1. The van der Waals surface area contributed by atoms with Crippen LogP contribution in [0.4, 0.5) is 8.78 Å². The molecular weight excluding hydrogens is 486 g/mol. The Bertz CT molecular complexity index is 1330. The van der Waals surface area contributed by atoms with E-state index in [1.54, 1.807) is 30.3 Å². The molecule has 1 fully saturated rings. The van der Waals surface area contributed by atoms with Gasteiger partial charge in [-0.2, -0.15) is 21.5 Å². The van der Waals surface area contributed by atoms with Crippen LogP contribution in [0.2, 0.25) is 0 Å². The van der Waals surface area contributed by atoms with Gasteiger partial charge in [0, 0.05) is 28.4 Å². The van der Waals surface area contributed by atoms with Gasteiger partial charge >= 0.3 is 6.43 Å². The van der Waals surface area contributed by atoms with Crippen molar-refractivity contribution in [2.75, 3.05) is 18.1 Å². The van der Waals surface area contributed by atoms with E-state index in [0.29, 0.717) is 15.4 Å². The maximum absolute atomic E-state index is 12.8. The predicted octanol–water partition coefficient (Wildman–Crippen LogP) is 2.13. The standard InChI is InChI=1S/C17H18F2N6O4S3/c18-14(19)16-24-23-15(29-16)12-9-22-13(30-12)8-17(11-4-2-1-3-5-11)10-31(20,26)7-6-25(17)32(21,27)28/h1-5,9,14,20H,6-8,10H2,(H2,21,27,28). The fourth-order valence-corrected chi connectivity index (χ4v) is 7.75. The lowest BCUT2D eigenvalue weighted by atomic mass is 9.88. The predicted molar refractivity (Wildman–Crippen MR) is 113 cm³/mol. The van der Waals surface area contributed by atoms with Gasteiger partial charge in [-0.3, -0.25) is 4.78 Å². The SMILES string of the molecule is N=S1(=O)CCN(S(N)(=O)=O)C(Cc2ncc(-c3nnc(C(F)F)o3)s2)(c2ccccc2)C1. The molecule has 2 aromatic heterocycles. The molecule has 0 radical (unpaired) electrons. The van der Waals surface area contributed by atoms with Crippen LogP contribution >= 0.6 is 11.3 Å². The summed E-state index contributed by atoms with van der Waals surface area (Å²) >= 11 is 1.04. The zero-order valence-corrected chi connectivity index (χ0v) is 18.8. The number of thiazole rings is 1. The summed E-state index contributed by atoms with van der Waals surface area (Å²) in [7, 11) is -7.34. The minimum atomic E-state index is -4.23. The summed E-state index contributed by atoms with van der Waals surface area (Å²) in [6.07, 6.45) is -1.60. The van der Waals surface area contributed by atoms with Crippen molar-refractivity contribution >= 4 is 31.3 Å². The van der Waals surface area contributed by atoms with E-state index in [9.17, 15) is 21.4 Å². The highest BCUT2D eigenvalue weighted by molar-refractivity contribution is 7.92. The molecule has 0 aliphatic carbocycles. The first-order chi connectivity index (χ1) is 15.0. The molecule has 3 heterocycles. The lowest BCUT2D eigenvalue weighted by Gasteiger charge is -2.45. The highest BCUT2D eigenvalue weighted by Crippen LogP contribution is 2.40. The summed E-state index contributed by atoms with van der Waals surface area (Å²) in [6, 6.07) is 8.52. The molecule has 1 saturated heterocycles. The number of hydrogen-bond donors (Lipinski definition) is 2. The van der Waals surface area contributed by atoms with Crippen LogP contribution in [0.25, 0.3) is 10.8 Å². The molecule has 0 spiro atoms. The number of rotatable bonds is 6. The lowest BCUT2D eigenvalue weighted by Crippen LogP contribution is -2.61. The topological polar surface area (TPSA) is 156 Å². The van der Waals surface area contributed by atoms with Gasteiger partial charge < -0.3 is 4.42 Å². The van der Waals surface area contributed by atoms with E-state index in [2.05, 4.69) is 15.2 Å². The molecule has 15 heteroatoms. The molecule has 2 unspecified atom stereocenters. The van der Waals surface area contributed by atoms with E-state index >= 15 is 0 Å². The highest BCUT2D eigenvalue weighted by atomic mass is 32.2. The Labute approximate surface area is 186 Å². The van der Waals surface area contributed by atoms with E-state index < -0.39 is 37.8 Å². The van der Waals surface area contributed by atoms with Crippen molar-refractivity contribution in [2.45, 2.75) is 18.4 Å². The number of aromatic nitrogens is 3. The zero-order valence-electron chi connectivity index (χ0n) is 16.3. The van der Waals surface area contributed by atoms with E-state index in [1.807, 2.05) is 0 Å². The second kappa shape index (κ2) is 8.22. The van der Waals surface area contributed by atoms with Crippen molar-refractivity contribution in [1.82, 2.24) is 19.5 Å². The fourth-order valence-electron chi connectivity index (χ4n) is 3.73. The van der Waals surface area contributed by atoms with Crippen molar-refractivity contribution < 1.29 is 25.8 Å². The molecule has 3 N–H and O–H groups in total. The molecule has 1 aliphatic heterocycles. The highest BCUT2D eigenvalue weighted by Gasteiger charge is 2.49. The third kappa shape index (κ3) is 4.43. The Kier molecular flexibility index (Phi) is 5.87. The Morgan fingerprint density at radius 3 is 2.66 bits per heavy atom. The van der Waals surface area contributed by atoms with Gasteiger partial charge in [0.25, 0.3) is 22.0 Å². The summed E-state index contributed by atoms with van der Waals surface area (Å²) in [5, 5.41) is 12.8. The van der Waals surface area contributed by atoms with Gasteiger partial charge in [-0.05, 0) is 5.56 Å². The minimum Gasteiger partial charge on any atom is -0.414 e. The molecule has 1 aliphatic rings. The summed E-state index contributed by atoms with van der Waals surface area (Å²) < 4.78 is 77.6. The summed E-state index contributed by atoms with van der Waals surface area (Å²) in [6.45, 7) is -0.185. The smallest absolute Gasteiger partial charge is 0.314 e. The third-order valence-corrected chi connectivity index (χ3v) is 8.94. The molecule has 4 rings (SSSR count). The van der Waals surface area contributed by atoms with Gasteiger partial charge in [0.2, 0.25) is 0 Å². The van der Waals surface area contributed by atoms with Crippen LogP contribution in [0.3, 0.4) is 0 Å². The molecule has 3 aromatic rings. The molecular formula is C17H18F2N6O4S3. The van der Waals surface area contributed by atoms with Crippen molar-refractivity contribution in [1.29, 1.82) is 4.78 Å². The first kappa shape index (κ1) is 22.8. The maximum atomic E-state index is 12.8. The number of nitrogens with two attached hydrogens (primary N) is 1. The van der Waals surface area contributed by atoms with Crippen LogP contribution in [0.5, 0.6) is 0 Å². The van der Waals surface area contributed by atoms with Gasteiger partial charge in [-0.25, -0.2) is 14.3 Å². The van der Waals surface area contributed by atoms with E-state index in [4.69, 9.17) is 14.3 Å². The van der Waals surface area contributed by atoms with Gasteiger partial charge in [-0.1, -0.05) is 30.3 Å². The fraction of sp³-hybridized carbons (Fsp3) is 0.353. The lowest BCUT2D eigenvalue weighted by molar-refractivity contribution is 0.116. The van der Waals surface area contributed by atoms with Crippen LogP contribution < -0.4 is 5.14 Å². The summed E-state index contributed by atoms with van der Waals surface area (Å²) in [5.74, 6) is -1.38. The van der Waals surface area contributed by atoms with E-state index in [0.717, 1.165) is 15.6 Å². The van der Waals surface area contributed by atoms with Crippen molar-refractivity contribution in [3.63, 3.8) is 0 Å². The Balaban J connectivity index is 1.79. The molecule has 0 amide bonds. The number of halogens is 2. The summed E-state index contributed by atoms with van der Waals surface area (Å²) in [5.41, 5.74) is -0.896. The molecule has 10 nitrogen and oxygen atoms in total. The molecule has 2 atom stereocenters. The number of alkyl halides is 2. The zero-order chi connectivity index (χ0) is 23.1. The van der Waals surface area contributed by atoms with Crippen molar-refractivity contribution in [2.24, 2.45) is 5.14 Å². The molecule has 0 bridgehead atoms. The summed E-state index contributed by atoms with van der Waals surface area (Å²) in [4.78, 5) is 4.57. The van der Waals surface area contributed by atoms with Crippen LogP contribution in [-0.4, -0.2) is 50.2 Å². The first-order valence-electron chi connectivity index (χ1n) is 9.17. The van der Waals surface area contributed by atoms with E-state index in [1.165, 1.54) is 6.20 Å². The Morgan fingerprint density at radius 1 is 1.31 bits per heavy atom. The Hall–Kier alpha value is -2.33. The maximum Gasteiger partial charge on any atom is 0.314 e. The average Bonchev–Trinajstić information content (AvgIpc) is 3.36. The first-order valence-corrected chi connectivity index (χ1v) is 13.4. The van der Waals surface area contributed by atoms with Gasteiger partial charge in [-0.15, -0.1) is 21.5 Å². The van der Waals surface area contributed by atoms with Crippen LogP contribution in [-0.2, 0) is 31.9 Å². The van der Waals surface area contributed by atoms with Gasteiger partial charge in [0.15, 0.2) is 0 Å². The Morgan fingerprint density at radius 2 is 2.03 bits per heavy atom. The average molecular weight is 505 g/mol. The second-order valence-corrected chi connectivity index (χ2v) is 12.1. The minimum absolute atomic E-state index is 0.0379. The van der Waals surface area contributed by atoms with Gasteiger partial charge in [0.1, 0.15) is 4.88 Å². The monoisotopic (exact) mass is 504 g/mol. The quantitative estimate of drug-likeness (QED) is 0.521. The number of benzene rings is 1. The van der Waals surface area contributed by atoms with Crippen molar-refractivity contribution in [3.8, 4) is 10.8 Å². The molecule has 172 valence electrons. The van der Waals surface area contributed by atoms with Crippen molar-refractivity contribution in [3.05, 3.63) is 53.0 Å². The largest absolute Gasteiger partial charge is 0.414 e. The van der Waals surface area contributed by atoms with Crippen LogP contribution in [0, 0.1) is 4.78 Å². The normalized spacial score (nSPS) is 24.8. The molecule has 1 aromatic carbocycles. The second-order valence-electron chi connectivity index (χ2n) is 7.22. The third-order valence-electron chi connectivity index (χ3n) is 5.03. The molecule has 32 heavy (non-hydrogen) atoms. The van der Waals surface area contributed by atoms with Gasteiger partial charge in [0.05, 0.1) is 22.5 Å². The number of hydrogen-bond acceptors (Lipinski definition) is 9. The van der Waals surface area contributed by atoms with Crippen LogP contribution in [0.1, 0.15) is 22.9 Å². The van der Waals surface area contributed by atoms with E-state index in [-0.39, 0.29) is 30.4 Å².